The van der Waals surface area contributed by atoms with E-state index in [4.69, 9.17) is 5.73 Å². The molecule has 0 aliphatic carbocycles. The Balaban J connectivity index is 1.96. The summed E-state index contributed by atoms with van der Waals surface area (Å²) in [6.45, 7) is 1.54. The second-order valence-electron chi connectivity index (χ2n) is 4.12. The van der Waals surface area contributed by atoms with Crippen molar-refractivity contribution >= 4 is 17.3 Å². The van der Waals surface area contributed by atoms with Gasteiger partial charge in [0.25, 0.3) is 0 Å². The van der Waals surface area contributed by atoms with Crippen molar-refractivity contribution in [2.24, 2.45) is 5.73 Å². The number of nitrogens with two attached hydrogens (primary N) is 1. The van der Waals surface area contributed by atoms with E-state index in [2.05, 4.69) is 32.2 Å². The fourth-order valence-corrected chi connectivity index (χ4v) is 2.86. The summed E-state index contributed by atoms with van der Waals surface area (Å²) < 4.78 is 2.00. The Bertz CT molecular complexity index is 490. The fourth-order valence-electron chi connectivity index (χ4n) is 2.16. The minimum Gasteiger partial charge on any atom is -0.354 e. The first-order chi connectivity index (χ1) is 8.38. The molecule has 5 nitrogen and oxygen atoms in total. The molecule has 3 heterocycles. The molecule has 1 atom stereocenters. The number of hydrogen-bond acceptors (Lipinski definition) is 5. The van der Waals surface area contributed by atoms with Crippen LogP contribution in [0.2, 0.25) is 0 Å². The van der Waals surface area contributed by atoms with Crippen LogP contribution in [0.4, 0.5) is 5.95 Å². The van der Waals surface area contributed by atoms with Crippen LogP contribution in [-0.4, -0.2) is 27.9 Å². The van der Waals surface area contributed by atoms with Crippen LogP contribution in [0, 0.1) is 0 Å². The number of nitrogens with zero attached hydrogens (tertiary/aromatic N) is 3. The first-order valence-electron chi connectivity index (χ1n) is 5.80. The molecule has 3 rings (SSSR count). The van der Waals surface area contributed by atoms with Gasteiger partial charge in [0.1, 0.15) is 0 Å². The summed E-state index contributed by atoms with van der Waals surface area (Å²) in [5.74, 6) is 1.70. The topological polar surface area (TPSA) is 68.8 Å². The molecule has 1 unspecified atom stereocenters. The van der Waals surface area contributed by atoms with Crippen molar-refractivity contribution in [1.82, 2.24) is 14.8 Å². The molecule has 90 valence electrons. The third-order valence-electron chi connectivity index (χ3n) is 2.97. The highest BCUT2D eigenvalue weighted by atomic mass is 32.1. The molecule has 17 heavy (non-hydrogen) atoms. The Morgan fingerprint density at radius 3 is 3.29 bits per heavy atom. The summed E-state index contributed by atoms with van der Waals surface area (Å²) in [6, 6.07) is 2.48. The molecule has 0 spiro atoms. The number of anilines is 1. The molecule has 2 aromatic rings. The number of rotatable bonds is 3. The summed E-state index contributed by atoms with van der Waals surface area (Å²) in [7, 11) is 0. The van der Waals surface area contributed by atoms with Crippen molar-refractivity contribution in [3.8, 4) is 0 Å². The van der Waals surface area contributed by atoms with Gasteiger partial charge in [-0.3, -0.25) is 0 Å². The predicted octanol–water partition coefficient (Wildman–Crippen LogP) is 1.25. The molecule has 0 aromatic carbocycles. The van der Waals surface area contributed by atoms with Crippen molar-refractivity contribution in [3.63, 3.8) is 0 Å². The first-order valence-corrected chi connectivity index (χ1v) is 6.74. The number of hydrogen-bond donors (Lipinski definition) is 2. The van der Waals surface area contributed by atoms with Crippen LogP contribution in [0.3, 0.4) is 0 Å². The molecule has 0 bridgehead atoms. The van der Waals surface area contributed by atoms with Gasteiger partial charge < -0.3 is 11.1 Å². The van der Waals surface area contributed by atoms with E-state index >= 15 is 0 Å². The van der Waals surface area contributed by atoms with Crippen molar-refractivity contribution in [1.29, 1.82) is 0 Å². The van der Waals surface area contributed by atoms with Gasteiger partial charge in [-0.05, 0) is 35.4 Å². The quantitative estimate of drug-likeness (QED) is 0.859. The van der Waals surface area contributed by atoms with Gasteiger partial charge >= 0.3 is 0 Å². The number of fused-ring (bicyclic) bond motifs is 1. The molecular weight excluding hydrogens is 234 g/mol. The maximum atomic E-state index is 5.54. The molecule has 3 N–H and O–H groups in total. The van der Waals surface area contributed by atoms with Gasteiger partial charge in [0.15, 0.2) is 5.82 Å². The van der Waals surface area contributed by atoms with E-state index in [1.54, 1.807) is 11.3 Å². The molecule has 0 fully saturated rings. The predicted molar refractivity (Wildman–Crippen MR) is 68.3 cm³/mol. The molecule has 1 aliphatic rings. The molecule has 1 aliphatic heterocycles. The summed E-state index contributed by atoms with van der Waals surface area (Å²) in [5, 5.41) is 12.1. The molecule has 0 radical (unpaired) electrons. The van der Waals surface area contributed by atoms with Crippen molar-refractivity contribution in [2.75, 3.05) is 18.4 Å². The first kappa shape index (κ1) is 10.7. The third-order valence-corrected chi connectivity index (χ3v) is 3.67. The van der Waals surface area contributed by atoms with E-state index in [0.29, 0.717) is 12.6 Å². The fraction of sp³-hybridized carbons (Fsp3) is 0.455. The summed E-state index contributed by atoms with van der Waals surface area (Å²) in [4.78, 5) is 4.46. The monoisotopic (exact) mass is 249 g/mol. The molecule has 0 amide bonds. The van der Waals surface area contributed by atoms with E-state index in [-0.39, 0.29) is 0 Å². The Morgan fingerprint density at radius 1 is 1.59 bits per heavy atom. The number of aromatic nitrogens is 3. The van der Waals surface area contributed by atoms with Crippen LogP contribution < -0.4 is 11.1 Å². The lowest BCUT2D eigenvalue weighted by Crippen LogP contribution is -2.24. The van der Waals surface area contributed by atoms with Gasteiger partial charge in [0.2, 0.25) is 5.95 Å². The molecular formula is C11H15N5S. The minimum atomic E-state index is 0.316. The average molecular weight is 249 g/mol. The maximum Gasteiger partial charge on any atom is 0.221 e. The van der Waals surface area contributed by atoms with E-state index in [0.717, 1.165) is 31.2 Å². The van der Waals surface area contributed by atoms with Gasteiger partial charge in [-0.15, -0.1) is 0 Å². The zero-order valence-corrected chi connectivity index (χ0v) is 10.3. The molecule has 0 saturated carbocycles. The maximum absolute atomic E-state index is 5.54. The van der Waals surface area contributed by atoms with Crippen LogP contribution in [0.5, 0.6) is 0 Å². The third kappa shape index (κ3) is 1.94. The Morgan fingerprint density at radius 2 is 2.53 bits per heavy atom. The molecule has 6 heteroatoms. The van der Waals surface area contributed by atoms with Crippen molar-refractivity contribution in [2.45, 2.75) is 18.9 Å². The molecule has 0 saturated heterocycles. The Labute approximate surface area is 104 Å². The van der Waals surface area contributed by atoms with Gasteiger partial charge in [0.05, 0.1) is 6.04 Å². The van der Waals surface area contributed by atoms with E-state index in [1.807, 2.05) is 4.68 Å². The lowest BCUT2D eigenvalue weighted by molar-refractivity contribution is 0.478. The van der Waals surface area contributed by atoms with Gasteiger partial charge in [-0.2, -0.15) is 21.4 Å². The number of nitrogens with one attached hydrogen (secondary N) is 1. The minimum absolute atomic E-state index is 0.316. The SMILES string of the molecule is NCCc1nc2n(n1)C(c1ccsc1)CCN2. The summed E-state index contributed by atoms with van der Waals surface area (Å²) in [6.07, 6.45) is 1.78. The van der Waals surface area contributed by atoms with Crippen LogP contribution in [-0.2, 0) is 6.42 Å². The number of thiophene rings is 1. The second-order valence-corrected chi connectivity index (χ2v) is 4.90. The zero-order chi connectivity index (χ0) is 11.7. The van der Waals surface area contributed by atoms with Crippen LogP contribution in [0.25, 0.3) is 0 Å². The Kier molecular flexibility index (Phi) is 2.82. The summed E-state index contributed by atoms with van der Waals surface area (Å²) in [5.41, 5.74) is 6.86. The van der Waals surface area contributed by atoms with E-state index < -0.39 is 0 Å². The average Bonchev–Trinajstić information content (AvgIpc) is 2.97. The smallest absolute Gasteiger partial charge is 0.221 e. The standard InChI is InChI=1S/C11H15N5S/c12-4-1-10-14-11-13-5-2-9(16(11)15-10)8-3-6-17-7-8/h3,6-7,9H,1-2,4-5,12H2,(H,13,14,15). The van der Waals surface area contributed by atoms with Gasteiger partial charge in [-0.1, -0.05) is 0 Å². The van der Waals surface area contributed by atoms with Crippen molar-refractivity contribution < 1.29 is 0 Å². The van der Waals surface area contributed by atoms with Crippen molar-refractivity contribution in [3.05, 3.63) is 28.2 Å². The second kappa shape index (κ2) is 4.46. The van der Waals surface area contributed by atoms with E-state index in [1.165, 1.54) is 5.56 Å². The molecule has 2 aromatic heterocycles. The lowest BCUT2D eigenvalue weighted by Gasteiger charge is -2.23. The normalized spacial score (nSPS) is 18.8. The van der Waals surface area contributed by atoms with Crippen LogP contribution in [0.15, 0.2) is 16.8 Å². The van der Waals surface area contributed by atoms with Gasteiger partial charge in [-0.25, -0.2) is 4.68 Å². The van der Waals surface area contributed by atoms with Crippen LogP contribution >= 0.6 is 11.3 Å². The van der Waals surface area contributed by atoms with Gasteiger partial charge in [0, 0.05) is 13.0 Å². The highest BCUT2D eigenvalue weighted by Crippen LogP contribution is 2.29. The highest BCUT2D eigenvalue weighted by Gasteiger charge is 2.24. The summed E-state index contributed by atoms with van der Waals surface area (Å²) >= 11 is 1.72. The van der Waals surface area contributed by atoms with Crippen LogP contribution in [0.1, 0.15) is 23.9 Å². The van der Waals surface area contributed by atoms with E-state index in [9.17, 15) is 0 Å². The lowest BCUT2D eigenvalue weighted by atomic mass is 10.1. The largest absolute Gasteiger partial charge is 0.354 e. The Hall–Kier alpha value is -1.40. The zero-order valence-electron chi connectivity index (χ0n) is 9.47. The highest BCUT2D eigenvalue weighted by molar-refractivity contribution is 7.07.